The number of benzene rings is 1. The number of piperazine rings is 1. The molecule has 2 aromatic heterocycles. The minimum absolute atomic E-state index is 0.166. The number of H-pyrrole nitrogens is 1. The van der Waals surface area contributed by atoms with Gasteiger partial charge in [-0.3, -0.25) is 19.4 Å². The van der Waals surface area contributed by atoms with E-state index < -0.39 is 10.0 Å². The maximum Gasteiger partial charge on any atom is 0.274 e. The Morgan fingerprint density at radius 3 is 2.44 bits per heavy atom. The van der Waals surface area contributed by atoms with E-state index in [1.807, 2.05) is 6.92 Å². The normalized spacial score (nSPS) is 15.3. The fourth-order valence-corrected chi connectivity index (χ4v) is 5.30. The number of carbonyl (C=O) groups is 1. The summed E-state index contributed by atoms with van der Waals surface area (Å²) < 4.78 is 34.2. The van der Waals surface area contributed by atoms with E-state index in [9.17, 15) is 18.0 Å². The average Bonchev–Trinajstić information content (AvgIpc) is 3.06. The molecule has 1 aliphatic heterocycles. The Bertz CT molecular complexity index is 1320. The van der Waals surface area contributed by atoms with Gasteiger partial charge in [-0.25, -0.2) is 13.4 Å². The molecule has 0 radical (unpaired) electrons. The first-order valence-electron chi connectivity index (χ1n) is 10.3. The number of carbonyl (C=O) groups excluding carboxylic acids is 1. The van der Waals surface area contributed by atoms with E-state index in [0.717, 1.165) is 0 Å². The molecule has 0 spiro atoms. The summed E-state index contributed by atoms with van der Waals surface area (Å²) in [6.45, 7) is 4.90. The first kappa shape index (κ1) is 22.0. The van der Waals surface area contributed by atoms with Gasteiger partial charge in [-0.2, -0.15) is 4.31 Å². The molecule has 4 rings (SSSR count). The fraction of sp³-hybridized carbons (Fsp3) is 0.381. The summed E-state index contributed by atoms with van der Waals surface area (Å²) in [4.78, 5) is 31.6. The molecule has 0 saturated carbocycles. The van der Waals surface area contributed by atoms with Crippen LogP contribution in [0.15, 0.2) is 40.0 Å². The van der Waals surface area contributed by atoms with Crippen molar-refractivity contribution in [2.45, 2.75) is 18.7 Å². The van der Waals surface area contributed by atoms with Crippen LogP contribution in [0.3, 0.4) is 0 Å². The molecule has 1 aliphatic rings. The van der Waals surface area contributed by atoms with E-state index in [4.69, 9.17) is 4.74 Å². The van der Waals surface area contributed by atoms with E-state index in [2.05, 4.69) is 10.1 Å². The van der Waals surface area contributed by atoms with Gasteiger partial charge in [-0.05, 0) is 44.2 Å². The minimum Gasteiger partial charge on any atom is -0.494 e. The quantitative estimate of drug-likeness (QED) is 0.611. The Morgan fingerprint density at radius 1 is 1.16 bits per heavy atom. The number of hydrogen-bond donors (Lipinski definition) is 1. The molecule has 1 aromatic carbocycles. The van der Waals surface area contributed by atoms with Gasteiger partial charge in [-0.15, -0.1) is 0 Å². The number of amides is 1. The Balaban J connectivity index is 1.52. The van der Waals surface area contributed by atoms with E-state index in [0.29, 0.717) is 23.7 Å². The lowest BCUT2D eigenvalue weighted by Gasteiger charge is -2.34. The number of aromatic nitrogens is 3. The highest BCUT2D eigenvalue weighted by molar-refractivity contribution is 7.89. The lowest BCUT2D eigenvalue weighted by atomic mass is 10.1. The number of fused-ring (bicyclic) bond motifs is 1. The third kappa shape index (κ3) is 3.89. The van der Waals surface area contributed by atoms with E-state index in [1.54, 1.807) is 37.1 Å². The number of aryl methyl sites for hydroxylation is 2. The number of hydrogen-bond acceptors (Lipinski definition) is 6. The predicted octanol–water partition coefficient (Wildman–Crippen LogP) is 1.12. The third-order valence-electron chi connectivity index (χ3n) is 5.47. The van der Waals surface area contributed by atoms with E-state index in [1.165, 1.54) is 21.1 Å². The molecule has 1 fully saturated rings. The van der Waals surface area contributed by atoms with Crippen molar-refractivity contribution in [1.82, 2.24) is 24.0 Å². The van der Waals surface area contributed by atoms with Gasteiger partial charge in [0, 0.05) is 38.9 Å². The number of nitrogens with zero attached hydrogens (tertiary/aromatic N) is 4. The van der Waals surface area contributed by atoms with Crippen molar-refractivity contribution in [3.05, 3.63) is 51.9 Å². The van der Waals surface area contributed by atoms with Gasteiger partial charge in [0.2, 0.25) is 10.0 Å². The van der Waals surface area contributed by atoms with Crippen LogP contribution in [-0.2, 0) is 17.1 Å². The molecular formula is C21H25N5O5S. The second-order valence-corrected chi connectivity index (χ2v) is 9.55. The van der Waals surface area contributed by atoms with Gasteiger partial charge in [0.05, 0.1) is 22.5 Å². The van der Waals surface area contributed by atoms with Crippen molar-refractivity contribution in [2.75, 3.05) is 32.8 Å². The summed E-state index contributed by atoms with van der Waals surface area (Å²) in [5.41, 5.74) is 0.925. The van der Waals surface area contributed by atoms with Gasteiger partial charge in [-0.1, -0.05) is 0 Å². The smallest absolute Gasteiger partial charge is 0.274 e. The van der Waals surface area contributed by atoms with Crippen LogP contribution in [0, 0.1) is 6.92 Å². The lowest BCUT2D eigenvalue weighted by molar-refractivity contribution is 0.0699. The van der Waals surface area contributed by atoms with Crippen LogP contribution in [0.25, 0.3) is 11.0 Å². The molecular weight excluding hydrogens is 434 g/mol. The summed E-state index contributed by atoms with van der Waals surface area (Å²) in [6.07, 6.45) is 0. The fourth-order valence-electron chi connectivity index (χ4n) is 3.88. The van der Waals surface area contributed by atoms with Crippen molar-refractivity contribution in [3.63, 3.8) is 0 Å². The second-order valence-electron chi connectivity index (χ2n) is 7.61. The maximum atomic E-state index is 13.2. The van der Waals surface area contributed by atoms with Crippen LogP contribution in [0.4, 0.5) is 0 Å². The van der Waals surface area contributed by atoms with Crippen molar-refractivity contribution >= 4 is 27.0 Å². The number of pyridine rings is 1. The van der Waals surface area contributed by atoms with Crippen molar-refractivity contribution in [1.29, 1.82) is 0 Å². The molecule has 3 heterocycles. The molecule has 170 valence electrons. The Labute approximate surface area is 185 Å². The molecule has 10 nitrogen and oxygen atoms in total. The topological polar surface area (TPSA) is 118 Å². The number of rotatable bonds is 5. The number of sulfonamides is 1. The summed E-state index contributed by atoms with van der Waals surface area (Å²) in [7, 11) is -2.02. The van der Waals surface area contributed by atoms with Gasteiger partial charge in [0.1, 0.15) is 5.75 Å². The monoisotopic (exact) mass is 459 g/mol. The molecule has 11 heteroatoms. The van der Waals surface area contributed by atoms with Crippen LogP contribution in [0.5, 0.6) is 5.75 Å². The zero-order chi connectivity index (χ0) is 23.0. The maximum absolute atomic E-state index is 13.2. The summed E-state index contributed by atoms with van der Waals surface area (Å²) in [5, 5.41) is 2.87. The predicted molar refractivity (Wildman–Crippen MR) is 118 cm³/mol. The van der Waals surface area contributed by atoms with E-state index in [-0.39, 0.29) is 53.5 Å². The van der Waals surface area contributed by atoms with Crippen molar-refractivity contribution in [3.8, 4) is 5.75 Å². The zero-order valence-corrected chi connectivity index (χ0v) is 19.0. The molecule has 1 amide bonds. The Hall–Kier alpha value is -3.18. The molecule has 3 aromatic rings. The Kier molecular flexibility index (Phi) is 5.78. The standard InChI is InChI=1S/C21H25N5O5S/c1-4-31-15-5-7-16(8-6-15)32(29,30)26-11-9-25(10-12-26)21(28)17-13-14(2)22-19-18(17)20(27)23-24(19)3/h5-8,13H,4,9-12H2,1-3H3,(H,23,27). The number of nitrogens with one attached hydrogen (secondary N) is 1. The highest BCUT2D eigenvalue weighted by Crippen LogP contribution is 2.22. The van der Waals surface area contributed by atoms with Crippen molar-refractivity contribution in [2.24, 2.45) is 7.05 Å². The first-order valence-corrected chi connectivity index (χ1v) is 11.7. The minimum atomic E-state index is -3.68. The Morgan fingerprint density at radius 2 is 1.81 bits per heavy atom. The van der Waals surface area contributed by atoms with Crippen LogP contribution in [0.2, 0.25) is 0 Å². The molecule has 0 atom stereocenters. The zero-order valence-electron chi connectivity index (χ0n) is 18.2. The third-order valence-corrected chi connectivity index (χ3v) is 7.38. The lowest BCUT2D eigenvalue weighted by Crippen LogP contribution is -2.50. The highest BCUT2D eigenvalue weighted by atomic mass is 32.2. The summed E-state index contributed by atoms with van der Waals surface area (Å²) in [6, 6.07) is 7.91. The second kappa shape index (κ2) is 8.40. The summed E-state index contributed by atoms with van der Waals surface area (Å²) in [5.74, 6) is 0.298. The average molecular weight is 460 g/mol. The number of aromatic amines is 1. The molecule has 1 N–H and O–H groups in total. The van der Waals surface area contributed by atoms with E-state index >= 15 is 0 Å². The van der Waals surface area contributed by atoms with Gasteiger partial charge in [0.25, 0.3) is 11.5 Å². The summed E-state index contributed by atoms with van der Waals surface area (Å²) >= 11 is 0. The molecule has 0 unspecified atom stereocenters. The molecule has 32 heavy (non-hydrogen) atoms. The highest BCUT2D eigenvalue weighted by Gasteiger charge is 2.31. The largest absolute Gasteiger partial charge is 0.494 e. The van der Waals surface area contributed by atoms with Crippen LogP contribution < -0.4 is 10.3 Å². The SMILES string of the molecule is CCOc1ccc(S(=O)(=O)N2CCN(C(=O)c3cc(C)nc4c3c(=O)[nH]n4C)CC2)cc1. The van der Waals surface area contributed by atoms with Gasteiger partial charge >= 0.3 is 0 Å². The van der Waals surface area contributed by atoms with Gasteiger partial charge in [0.15, 0.2) is 5.65 Å². The van der Waals surface area contributed by atoms with Gasteiger partial charge < -0.3 is 9.64 Å². The molecule has 0 bridgehead atoms. The van der Waals surface area contributed by atoms with Crippen molar-refractivity contribution < 1.29 is 17.9 Å². The molecule has 1 saturated heterocycles. The van der Waals surface area contributed by atoms with Crippen LogP contribution in [-0.4, -0.2) is 71.1 Å². The molecule has 0 aliphatic carbocycles. The van der Waals surface area contributed by atoms with Crippen LogP contribution in [0.1, 0.15) is 23.0 Å². The first-order chi connectivity index (χ1) is 15.2. The van der Waals surface area contributed by atoms with Crippen LogP contribution >= 0.6 is 0 Å². The number of ether oxygens (including phenoxy) is 1.